The fourth-order valence-corrected chi connectivity index (χ4v) is 1.02. The van der Waals surface area contributed by atoms with Crippen LogP contribution < -0.4 is 5.32 Å². The van der Waals surface area contributed by atoms with Crippen LogP contribution in [-0.4, -0.2) is 17.6 Å². The Hall–Kier alpha value is -1.93. The Labute approximate surface area is 91.2 Å². The Morgan fingerprint density at radius 3 is 2.06 bits per heavy atom. The van der Waals surface area contributed by atoms with Crippen LogP contribution in [0.1, 0.15) is 0 Å². The van der Waals surface area contributed by atoms with Gasteiger partial charge in [0, 0.05) is 0 Å². The van der Waals surface area contributed by atoms with Gasteiger partial charge >= 0.3 is 6.18 Å². The lowest BCUT2D eigenvalue weighted by atomic mass is 10.2. The molecule has 4 nitrogen and oxygen atoms in total. The third kappa shape index (κ3) is 3.54. The maximum Gasteiger partial charge on any atom is 0.405 e. The van der Waals surface area contributed by atoms with Gasteiger partial charge in [-0.05, 0) is 0 Å². The summed E-state index contributed by atoms with van der Waals surface area (Å²) in [6.07, 6.45) is -4.65. The molecule has 0 aliphatic rings. The first-order valence-corrected chi connectivity index (χ1v) is 4.15. The third-order valence-corrected chi connectivity index (χ3v) is 1.70. The number of hydrogen-bond donors (Lipinski definition) is 1. The lowest BCUT2D eigenvalue weighted by molar-refractivity contribution is -0.385. The number of nitro benzene ring substituents is 1. The standard InChI is InChI=1S/C8H5F5N2O2/c9-5-1-4(15(16)17)2-6(10)7(5)14-3-8(11,12)13/h1-2,14H,3H2. The van der Waals surface area contributed by atoms with Crippen LogP contribution in [0.3, 0.4) is 0 Å². The zero-order valence-corrected chi connectivity index (χ0v) is 8.02. The molecule has 1 aromatic rings. The van der Waals surface area contributed by atoms with Gasteiger partial charge in [0.25, 0.3) is 5.69 Å². The molecule has 0 unspecified atom stereocenters. The molecule has 17 heavy (non-hydrogen) atoms. The van der Waals surface area contributed by atoms with Crippen LogP contribution in [0.5, 0.6) is 0 Å². The van der Waals surface area contributed by atoms with Crippen molar-refractivity contribution in [3.63, 3.8) is 0 Å². The molecule has 0 fully saturated rings. The van der Waals surface area contributed by atoms with Crippen LogP contribution in [0, 0.1) is 21.7 Å². The first kappa shape index (κ1) is 13.1. The van der Waals surface area contributed by atoms with E-state index in [1.165, 1.54) is 5.32 Å². The predicted molar refractivity (Wildman–Crippen MR) is 47.6 cm³/mol. The van der Waals surface area contributed by atoms with Crippen LogP contribution in [0.15, 0.2) is 12.1 Å². The Morgan fingerprint density at radius 1 is 1.24 bits per heavy atom. The fraction of sp³-hybridized carbons (Fsp3) is 0.250. The summed E-state index contributed by atoms with van der Waals surface area (Å²) in [4.78, 5) is 9.15. The van der Waals surface area contributed by atoms with Crippen LogP contribution in [-0.2, 0) is 0 Å². The van der Waals surface area contributed by atoms with Crippen LogP contribution >= 0.6 is 0 Å². The van der Waals surface area contributed by atoms with Crippen LogP contribution in [0.25, 0.3) is 0 Å². The van der Waals surface area contributed by atoms with E-state index in [-0.39, 0.29) is 0 Å². The van der Waals surface area contributed by atoms with Gasteiger partial charge in [0.1, 0.15) is 12.2 Å². The summed E-state index contributed by atoms with van der Waals surface area (Å²) < 4.78 is 61.5. The van der Waals surface area contributed by atoms with Crippen molar-refractivity contribution in [3.8, 4) is 0 Å². The van der Waals surface area contributed by atoms with Gasteiger partial charge in [-0.2, -0.15) is 13.2 Å². The number of benzene rings is 1. The van der Waals surface area contributed by atoms with E-state index in [9.17, 15) is 32.1 Å². The molecule has 1 N–H and O–H groups in total. The molecule has 0 aliphatic carbocycles. The van der Waals surface area contributed by atoms with Gasteiger partial charge in [-0.3, -0.25) is 10.1 Å². The Kier molecular flexibility index (Phi) is 3.49. The van der Waals surface area contributed by atoms with Gasteiger partial charge in [-0.15, -0.1) is 0 Å². The van der Waals surface area contributed by atoms with E-state index in [0.29, 0.717) is 12.1 Å². The van der Waals surface area contributed by atoms with E-state index in [2.05, 4.69) is 0 Å². The molecule has 0 atom stereocenters. The lowest BCUT2D eigenvalue weighted by Crippen LogP contribution is -2.22. The molecule has 0 radical (unpaired) electrons. The first-order chi connectivity index (χ1) is 7.70. The minimum Gasteiger partial charge on any atom is -0.372 e. The molecule has 0 saturated heterocycles. The van der Waals surface area contributed by atoms with E-state index < -0.39 is 40.7 Å². The van der Waals surface area contributed by atoms with Crippen molar-refractivity contribution in [2.24, 2.45) is 0 Å². The van der Waals surface area contributed by atoms with E-state index in [1.807, 2.05) is 0 Å². The average Bonchev–Trinajstić information content (AvgIpc) is 2.14. The summed E-state index contributed by atoms with van der Waals surface area (Å²) in [6, 6.07) is 0.670. The van der Waals surface area contributed by atoms with E-state index in [0.717, 1.165) is 0 Å². The van der Waals surface area contributed by atoms with Crippen molar-refractivity contribution in [3.05, 3.63) is 33.9 Å². The fourth-order valence-electron chi connectivity index (χ4n) is 1.02. The molecule has 0 aliphatic heterocycles. The quantitative estimate of drug-likeness (QED) is 0.514. The minimum atomic E-state index is -4.65. The molecule has 0 amide bonds. The normalized spacial score (nSPS) is 11.4. The Bertz CT molecular complexity index is 423. The predicted octanol–water partition coefficient (Wildman–Crippen LogP) is 2.85. The van der Waals surface area contributed by atoms with Gasteiger partial charge in [0.05, 0.1) is 17.1 Å². The van der Waals surface area contributed by atoms with Crippen molar-refractivity contribution >= 4 is 11.4 Å². The average molecular weight is 256 g/mol. The van der Waals surface area contributed by atoms with Gasteiger partial charge in [0.15, 0.2) is 11.6 Å². The van der Waals surface area contributed by atoms with E-state index >= 15 is 0 Å². The number of nitrogens with zero attached hydrogens (tertiary/aromatic N) is 1. The van der Waals surface area contributed by atoms with Gasteiger partial charge in [0.2, 0.25) is 0 Å². The summed E-state index contributed by atoms with van der Waals surface area (Å²) >= 11 is 0. The van der Waals surface area contributed by atoms with Gasteiger partial charge < -0.3 is 5.32 Å². The molecule has 94 valence electrons. The number of nitro groups is 1. The zero-order valence-electron chi connectivity index (χ0n) is 8.02. The monoisotopic (exact) mass is 256 g/mol. The molecule has 0 bridgehead atoms. The lowest BCUT2D eigenvalue weighted by Gasteiger charge is -2.10. The van der Waals surface area contributed by atoms with Gasteiger partial charge in [-0.1, -0.05) is 0 Å². The van der Waals surface area contributed by atoms with Crippen molar-refractivity contribution in [1.29, 1.82) is 0 Å². The number of alkyl halides is 3. The van der Waals surface area contributed by atoms with E-state index in [4.69, 9.17) is 0 Å². The highest BCUT2D eigenvalue weighted by molar-refractivity contribution is 5.51. The molecule has 0 spiro atoms. The first-order valence-electron chi connectivity index (χ1n) is 4.15. The second kappa shape index (κ2) is 4.52. The van der Waals surface area contributed by atoms with Crippen molar-refractivity contribution in [2.45, 2.75) is 6.18 Å². The van der Waals surface area contributed by atoms with Crippen molar-refractivity contribution in [2.75, 3.05) is 11.9 Å². The van der Waals surface area contributed by atoms with Gasteiger partial charge in [-0.25, -0.2) is 8.78 Å². The highest BCUT2D eigenvalue weighted by Crippen LogP contribution is 2.26. The molecule has 0 saturated carbocycles. The summed E-state index contributed by atoms with van der Waals surface area (Å²) in [5.41, 5.74) is -1.93. The van der Waals surface area contributed by atoms with Crippen LogP contribution in [0.4, 0.5) is 33.3 Å². The number of nitrogens with one attached hydrogen (secondary N) is 1. The minimum absolute atomic E-state index is 0.335. The Morgan fingerprint density at radius 2 is 1.71 bits per heavy atom. The second-order valence-electron chi connectivity index (χ2n) is 3.01. The summed E-state index contributed by atoms with van der Waals surface area (Å²) in [6.45, 7) is -1.64. The SMILES string of the molecule is O=[N+]([O-])c1cc(F)c(NCC(F)(F)F)c(F)c1. The molecule has 0 heterocycles. The number of non-ortho nitro benzene ring substituents is 1. The molecular formula is C8H5F5N2O2. The molecule has 0 aromatic heterocycles. The Balaban J connectivity index is 2.98. The largest absolute Gasteiger partial charge is 0.405 e. The number of anilines is 1. The molecule has 1 aromatic carbocycles. The topological polar surface area (TPSA) is 55.2 Å². The third-order valence-electron chi connectivity index (χ3n) is 1.70. The maximum atomic E-state index is 13.1. The molecule has 9 heteroatoms. The number of halogens is 5. The smallest absolute Gasteiger partial charge is 0.372 e. The van der Waals surface area contributed by atoms with Crippen molar-refractivity contribution < 1.29 is 26.9 Å². The zero-order chi connectivity index (χ0) is 13.2. The van der Waals surface area contributed by atoms with Crippen LogP contribution in [0.2, 0.25) is 0 Å². The molecule has 1 rings (SSSR count). The second-order valence-corrected chi connectivity index (χ2v) is 3.01. The van der Waals surface area contributed by atoms with Crippen molar-refractivity contribution in [1.82, 2.24) is 0 Å². The van der Waals surface area contributed by atoms with E-state index in [1.54, 1.807) is 0 Å². The highest BCUT2D eigenvalue weighted by atomic mass is 19.4. The summed E-state index contributed by atoms with van der Waals surface area (Å²) in [7, 11) is 0. The highest BCUT2D eigenvalue weighted by Gasteiger charge is 2.28. The maximum absolute atomic E-state index is 13.1. The molecular weight excluding hydrogens is 251 g/mol. The number of hydrogen-bond acceptors (Lipinski definition) is 3. The summed E-state index contributed by atoms with van der Waals surface area (Å²) in [5.74, 6) is -2.91. The number of rotatable bonds is 3. The summed E-state index contributed by atoms with van der Waals surface area (Å²) in [5, 5.41) is 11.7.